The molecule has 0 radical (unpaired) electrons. The average Bonchev–Trinajstić information content (AvgIpc) is 3.23. The lowest BCUT2D eigenvalue weighted by Crippen LogP contribution is -2.42. The molecule has 1 saturated heterocycles. The third-order valence-electron chi connectivity index (χ3n) is 6.99. The van der Waals surface area contributed by atoms with Crippen LogP contribution in [0.1, 0.15) is 71.1 Å². The van der Waals surface area contributed by atoms with Crippen molar-refractivity contribution in [3.8, 4) is 5.75 Å². The van der Waals surface area contributed by atoms with Crippen LogP contribution in [0.3, 0.4) is 0 Å². The number of nitrogens with one attached hydrogen (secondary N) is 1. The minimum atomic E-state index is -4.18. The van der Waals surface area contributed by atoms with E-state index in [1.54, 1.807) is 24.3 Å². The second-order valence-electron chi connectivity index (χ2n) is 10.1. The Hall–Kier alpha value is -2.92. The molecule has 1 unspecified atom stereocenters. The number of amidine groups is 1. The quantitative estimate of drug-likeness (QED) is 0.299. The van der Waals surface area contributed by atoms with E-state index in [0.717, 1.165) is 86.7 Å². The normalized spacial score (nSPS) is 19.2. The van der Waals surface area contributed by atoms with Crippen LogP contribution < -0.4 is 10.1 Å². The monoisotopic (exact) mass is 589 g/mol. The van der Waals surface area contributed by atoms with Gasteiger partial charge in [0.1, 0.15) is 16.8 Å². The number of benzene rings is 2. The van der Waals surface area contributed by atoms with Gasteiger partial charge in [-0.25, -0.2) is 4.39 Å². The van der Waals surface area contributed by atoms with Gasteiger partial charge in [0.15, 0.2) is 5.17 Å². The van der Waals surface area contributed by atoms with Crippen LogP contribution in [0.5, 0.6) is 5.75 Å². The van der Waals surface area contributed by atoms with Crippen LogP contribution in [0.25, 0.3) is 0 Å². The number of anilines is 1. The van der Waals surface area contributed by atoms with Crippen LogP contribution in [-0.4, -0.2) is 48.2 Å². The predicted molar refractivity (Wildman–Crippen MR) is 155 cm³/mol. The van der Waals surface area contributed by atoms with Crippen LogP contribution in [0.4, 0.5) is 10.1 Å². The fraction of sp³-hybridized carbons (Fsp3) is 0.483. The Kier molecular flexibility index (Phi) is 10.6. The molecule has 8 nitrogen and oxygen atoms in total. The highest BCUT2D eigenvalue weighted by atomic mass is 32.2. The van der Waals surface area contributed by atoms with Crippen molar-refractivity contribution in [1.29, 1.82) is 0 Å². The summed E-state index contributed by atoms with van der Waals surface area (Å²) in [5.41, 5.74) is 0.579. The van der Waals surface area contributed by atoms with E-state index in [1.807, 2.05) is 0 Å². The number of sulfonamides is 1. The van der Waals surface area contributed by atoms with E-state index < -0.39 is 21.1 Å². The molecule has 1 heterocycles. The van der Waals surface area contributed by atoms with Crippen molar-refractivity contribution in [3.63, 3.8) is 0 Å². The van der Waals surface area contributed by atoms with E-state index in [0.29, 0.717) is 12.3 Å². The summed E-state index contributed by atoms with van der Waals surface area (Å²) in [6.07, 6.45) is 8.76. The molecule has 1 aliphatic heterocycles. The number of rotatable bonds is 12. The molecule has 2 fully saturated rings. The van der Waals surface area contributed by atoms with Crippen LogP contribution >= 0.6 is 11.8 Å². The maximum atomic E-state index is 13.5. The Labute approximate surface area is 239 Å². The minimum absolute atomic E-state index is 0.0689. The number of nitrogens with zero attached hydrogens (tertiary/aromatic N) is 2. The van der Waals surface area contributed by atoms with Gasteiger partial charge in [-0.15, -0.1) is 4.40 Å². The molecule has 216 valence electrons. The summed E-state index contributed by atoms with van der Waals surface area (Å²) in [5, 5.41) is 2.09. The highest BCUT2D eigenvalue weighted by Crippen LogP contribution is 2.36. The first-order valence-electron chi connectivity index (χ1n) is 13.9. The fourth-order valence-corrected chi connectivity index (χ4v) is 7.25. The third-order valence-corrected chi connectivity index (χ3v) is 9.54. The number of hydrogen-bond donors (Lipinski definition) is 1. The van der Waals surface area contributed by atoms with Gasteiger partial charge in [0.05, 0.1) is 11.5 Å². The molecule has 2 aliphatic rings. The Morgan fingerprint density at radius 3 is 2.42 bits per heavy atom. The number of carbonyl (C=O) groups is 2. The van der Waals surface area contributed by atoms with Gasteiger partial charge in [0.2, 0.25) is 11.8 Å². The fourth-order valence-electron chi connectivity index (χ4n) is 4.85. The van der Waals surface area contributed by atoms with Crippen molar-refractivity contribution in [2.45, 2.75) is 87.3 Å². The number of hydrogen-bond acceptors (Lipinski definition) is 6. The highest BCUT2D eigenvalue weighted by molar-refractivity contribution is 8.16. The first-order chi connectivity index (χ1) is 19.3. The van der Waals surface area contributed by atoms with Crippen LogP contribution in [0.15, 0.2) is 57.8 Å². The summed E-state index contributed by atoms with van der Waals surface area (Å²) in [4.78, 5) is 27.7. The second kappa shape index (κ2) is 14.1. The summed E-state index contributed by atoms with van der Waals surface area (Å²) >= 11 is 0.993. The van der Waals surface area contributed by atoms with Gasteiger partial charge < -0.3 is 10.1 Å². The van der Waals surface area contributed by atoms with Crippen LogP contribution in [-0.2, 0) is 19.6 Å². The number of amides is 2. The van der Waals surface area contributed by atoms with Crippen molar-refractivity contribution >= 4 is 44.5 Å². The summed E-state index contributed by atoms with van der Waals surface area (Å²) < 4.78 is 49.1. The summed E-state index contributed by atoms with van der Waals surface area (Å²) in [6, 6.07) is 11.3. The third kappa shape index (κ3) is 8.06. The summed E-state index contributed by atoms with van der Waals surface area (Å²) in [5.74, 6) is -0.504. The van der Waals surface area contributed by atoms with E-state index in [1.165, 1.54) is 17.7 Å². The van der Waals surface area contributed by atoms with Crippen LogP contribution in [0, 0.1) is 5.82 Å². The molecule has 2 amide bonds. The molecule has 4 rings (SSSR count). The number of carbonyl (C=O) groups excluding carboxylic acids is 2. The molecule has 0 spiro atoms. The summed E-state index contributed by atoms with van der Waals surface area (Å²) in [7, 11) is -4.18. The minimum Gasteiger partial charge on any atom is -0.494 e. The standard InChI is InChI=1S/C29H36FN3O5S2/c1-2-3-4-8-19-38-24-15-13-22(14-16-24)31-27(34)20-26-28(35)33(23-9-6-5-7-10-23)29(39-26)32-40(36,37)25-17-11-21(30)12-18-25/h11-18,23,26H,2-10,19-20H2,1H3,(H,31,34). The van der Waals surface area contributed by atoms with E-state index in [9.17, 15) is 22.4 Å². The molecule has 11 heteroatoms. The van der Waals surface area contributed by atoms with E-state index in [2.05, 4.69) is 16.6 Å². The molecule has 40 heavy (non-hydrogen) atoms. The molecule has 1 atom stereocenters. The van der Waals surface area contributed by atoms with E-state index >= 15 is 0 Å². The molecule has 2 aromatic rings. The maximum Gasteiger partial charge on any atom is 0.284 e. The SMILES string of the molecule is CCCCCCOc1ccc(NC(=O)CC2SC(=NS(=O)(=O)c3ccc(F)cc3)N(C3CCCCC3)C2=O)cc1. The Balaban J connectivity index is 1.42. The van der Waals surface area contributed by atoms with Gasteiger partial charge >= 0.3 is 0 Å². The van der Waals surface area contributed by atoms with Gasteiger partial charge in [-0.05, 0) is 67.8 Å². The number of thioether (sulfide) groups is 1. The van der Waals surface area contributed by atoms with Crippen LogP contribution in [0.2, 0.25) is 0 Å². The van der Waals surface area contributed by atoms with Gasteiger partial charge in [-0.1, -0.05) is 57.2 Å². The summed E-state index contributed by atoms with van der Waals surface area (Å²) in [6.45, 7) is 2.81. The first-order valence-corrected chi connectivity index (χ1v) is 16.2. The molecule has 2 aromatic carbocycles. The lowest BCUT2D eigenvalue weighted by Gasteiger charge is -2.30. The Morgan fingerprint density at radius 1 is 1.05 bits per heavy atom. The zero-order valence-corrected chi connectivity index (χ0v) is 24.3. The van der Waals surface area contributed by atoms with E-state index in [-0.39, 0.29) is 34.3 Å². The molecule has 0 bridgehead atoms. The molecule has 1 saturated carbocycles. The number of halogens is 1. The highest BCUT2D eigenvalue weighted by Gasteiger charge is 2.43. The molecular formula is C29H36FN3O5S2. The van der Waals surface area contributed by atoms with E-state index in [4.69, 9.17) is 4.74 Å². The first kappa shape index (κ1) is 30.0. The number of ether oxygens (including phenoxy) is 1. The second-order valence-corrected chi connectivity index (χ2v) is 12.9. The zero-order chi connectivity index (χ0) is 28.5. The van der Waals surface area contributed by atoms with Gasteiger partial charge in [0, 0.05) is 18.2 Å². The van der Waals surface area contributed by atoms with Crippen molar-refractivity contribution in [2.75, 3.05) is 11.9 Å². The maximum absolute atomic E-state index is 13.5. The Morgan fingerprint density at radius 2 is 1.75 bits per heavy atom. The van der Waals surface area contributed by atoms with Crippen molar-refractivity contribution in [2.24, 2.45) is 4.40 Å². The van der Waals surface area contributed by atoms with Gasteiger partial charge in [-0.3, -0.25) is 14.5 Å². The molecule has 1 N–H and O–H groups in total. The van der Waals surface area contributed by atoms with Crippen molar-refractivity contribution in [3.05, 3.63) is 54.3 Å². The lowest BCUT2D eigenvalue weighted by atomic mass is 9.94. The molecule has 0 aromatic heterocycles. The largest absolute Gasteiger partial charge is 0.494 e. The Bertz CT molecular complexity index is 1290. The predicted octanol–water partition coefficient (Wildman–Crippen LogP) is 6.14. The van der Waals surface area contributed by atoms with Gasteiger partial charge in [-0.2, -0.15) is 8.42 Å². The van der Waals surface area contributed by atoms with Gasteiger partial charge in [0.25, 0.3) is 10.0 Å². The number of unbranched alkanes of at least 4 members (excludes halogenated alkanes) is 3. The average molecular weight is 590 g/mol. The lowest BCUT2D eigenvalue weighted by molar-refractivity contribution is -0.130. The molecular weight excluding hydrogens is 553 g/mol. The molecule has 1 aliphatic carbocycles. The topological polar surface area (TPSA) is 105 Å². The van der Waals surface area contributed by atoms with Crippen molar-refractivity contribution < 1.29 is 27.1 Å². The van der Waals surface area contributed by atoms with Crippen molar-refractivity contribution in [1.82, 2.24) is 4.90 Å². The zero-order valence-electron chi connectivity index (χ0n) is 22.7. The smallest absolute Gasteiger partial charge is 0.284 e.